The quantitative estimate of drug-likeness (QED) is 0.850. The monoisotopic (exact) mass is 325 g/mol. The van der Waals surface area contributed by atoms with Crippen LogP contribution in [0.4, 0.5) is 0 Å². The van der Waals surface area contributed by atoms with Crippen molar-refractivity contribution in [2.24, 2.45) is 0 Å². The summed E-state index contributed by atoms with van der Waals surface area (Å²) in [6, 6.07) is 15.7. The number of methoxy groups -OCH3 is 1. The molecule has 3 rings (SSSR count). The van der Waals surface area contributed by atoms with Crippen LogP contribution in [0.5, 0.6) is 5.75 Å². The number of likely N-dealkylation sites (tertiary alicyclic amines) is 1. The molecule has 0 unspecified atom stereocenters. The van der Waals surface area contributed by atoms with E-state index >= 15 is 0 Å². The van der Waals surface area contributed by atoms with Crippen LogP contribution in [0.15, 0.2) is 48.5 Å². The maximum Gasteiger partial charge on any atom is 0.251 e. The fourth-order valence-electron chi connectivity index (χ4n) is 3.14. The summed E-state index contributed by atoms with van der Waals surface area (Å²) in [4.78, 5) is 13.8. The molecule has 0 radical (unpaired) electrons. The zero-order chi connectivity index (χ0) is 16.8. The lowest BCUT2D eigenvalue weighted by Crippen LogP contribution is -3.08. The fourth-order valence-corrected chi connectivity index (χ4v) is 3.14. The summed E-state index contributed by atoms with van der Waals surface area (Å²) in [6.07, 6.45) is 2.70. The van der Waals surface area contributed by atoms with E-state index < -0.39 is 0 Å². The van der Waals surface area contributed by atoms with Crippen molar-refractivity contribution in [1.82, 2.24) is 5.32 Å². The van der Waals surface area contributed by atoms with Gasteiger partial charge in [0.05, 0.1) is 20.2 Å². The Morgan fingerprint density at radius 2 is 1.62 bits per heavy atom. The number of nitrogens with one attached hydrogen (secondary N) is 2. The number of amides is 1. The van der Waals surface area contributed by atoms with Crippen LogP contribution in [0, 0.1) is 0 Å². The molecular formula is C20H25N2O2+. The van der Waals surface area contributed by atoms with Gasteiger partial charge in [-0.1, -0.05) is 24.3 Å². The van der Waals surface area contributed by atoms with E-state index in [1.165, 1.54) is 31.5 Å². The second-order valence-electron chi connectivity index (χ2n) is 6.36. The molecule has 1 fully saturated rings. The first-order valence-electron chi connectivity index (χ1n) is 8.58. The molecule has 1 aliphatic rings. The second-order valence-corrected chi connectivity index (χ2v) is 6.36. The predicted molar refractivity (Wildman–Crippen MR) is 94.2 cm³/mol. The van der Waals surface area contributed by atoms with Gasteiger partial charge in [-0.15, -0.1) is 0 Å². The molecular weight excluding hydrogens is 300 g/mol. The van der Waals surface area contributed by atoms with Crippen LogP contribution >= 0.6 is 0 Å². The molecule has 0 bridgehead atoms. The largest absolute Gasteiger partial charge is 0.497 e. The molecule has 4 nitrogen and oxygen atoms in total. The Morgan fingerprint density at radius 1 is 1.00 bits per heavy atom. The maximum atomic E-state index is 12.2. The van der Waals surface area contributed by atoms with Gasteiger partial charge in [-0.3, -0.25) is 4.79 Å². The van der Waals surface area contributed by atoms with E-state index in [1.54, 1.807) is 36.3 Å². The maximum absolute atomic E-state index is 12.2. The van der Waals surface area contributed by atoms with E-state index in [0.29, 0.717) is 12.1 Å². The van der Waals surface area contributed by atoms with Crippen molar-refractivity contribution in [2.45, 2.75) is 25.9 Å². The van der Waals surface area contributed by atoms with Crippen LogP contribution in [0.1, 0.15) is 34.3 Å². The SMILES string of the molecule is COc1ccc(C(=O)NCc2ccc(C[NH+]3CCCC3)cc2)cc1. The first-order valence-corrected chi connectivity index (χ1v) is 8.58. The Balaban J connectivity index is 1.50. The standard InChI is InChI=1S/C20H24N2O2/c1-24-19-10-8-18(9-11-19)20(23)21-14-16-4-6-17(7-5-16)15-22-12-2-3-13-22/h4-11H,2-3,12-15H2,1H3,(H,21,23)/p+1. The molecule has 2 N–H and O–H groups in total. The van der Waals surface area contributed by atoms with Crippen molar-refractivity contribution in [3.05, 3.63) is 65.2 Å². The molecule has 2 aromatic carbocycles. The Hall–Kier alpha value is -2.33. The van der Waals surface area contributed by atoms with Gasteiger partial charge in [0.15, 0.2) is 0 Å². The minimum Gasteiger partial charge on any atom is -0.497 e. The van der Waals surface area contributed by atoms with Gasteiger partial charge in [-0.05, 0) is 29.8 Å². The highest BCUT2D eigenvalue weighted by atomic mass is 16.5. The number of benzene rings is 2. The first kappa shape index (κ1) is 16.5. The second kappa shape index (κ2) is 7.97. The van der Waals surface area contributed by atoms with Crippen LogP contribution in [-0.2, 0) is 13.1 Å². The van der Waals surface area contributed by atoms with Crippen molar-refractivity contribution < 1.29 is 14.4 Å². The van der Waals surface area contributed by atoms with E-state index in [2.05, 4.69) is 29.6 Å². The average Bonchev–Trinajstić information content (AvgIpc) is 3.14. The van der Waals surface area contributed by atoms with E-state index in [1.807, 2.05) is 0 Å². The number of hydrogen-bond acceptors (Lipinski definition) is 2. The number of quaternary nitrogens is 1. The number of ether oxygens (including phenoxy) is 1. The third-order valence-electron chi connectivity index (χ3n) is 4.59. The third kappa shape index (κ3) is 4.36. The van der Waals surface area contributed by atoms with Gasteiger partial charge < -0.3 is 15.0 Å². The van der Waals surface area contributed by atoms with Gasteiger partial charge >= 0.3 is 0 Å². The van der Waals surface area contributed by atoms with Crippen molar-refractivity contribution in [3.63, 3.8) is 0 Å². The summed E-state index contributed by atoms with van der Waals surface area (Å²) in [7, 11) is 1.62. The number of hydrogen-bond donors (Lipinski definition) is 2. The zero-order valence-corrected chi connectivity index (χ0v) is 14.2. The average molecular weight is 325 g/mol. The summed E-state index contributed by atoms with van der Waals surface area (Å²) < 4.78 is 5.10. The van der Waals surface area contributed by atoms with Gasteiger partial charge in [-0.25, -0.2) is 0 Å². The molecule has 1 heterocycles. The summed E-state index contributed by atoms with van der Waals surface area (Å²) in [5, 5.41) is 2.96. The summed E-state index contributed by atoms with van der Waals surface area (Å²) in [5.41, 5.74) is 3.14. The van der Waals surface area contributed by atoms with E-state index in [9.17, 15) is 4.79 Å². The fraction of sp³-hybridized carbons (Fsp3) is 0.350. The number of carbonyl (C=O) groups excluding carboxylic acids is 1. The molecule has 1 amide bonds. The molecule has 0 spiro atoms. The molecule has 0 atom stereocenters. The zero-order valence-electron chi connectivity index (χ0n) is 14.2. The summed E-state index contributed by atoms with van der Waals surface area (Å²) in [6.45, 7) is 4.24. The molecule has 0 saturated carbocycles. The third-order valence-corrected chi connectivity index (χ3v) is 4.59. The first-order chi connectivity index (χ1) is 11.7. The lowest BCUT2D eigenvalue weighted by molar-refractivity contribution is -0.901. The van der Waals surface area contributed by atoms with E-state index in [4.69, 9.17) is 4.74 Å². The van der Waals surface area contributed by atoms with Crippen LogP contribution in [0.3, 0.4) is 0 Å². The van der Waals surface area contributed by atoms with Crippen molar-refractivity contribution in [1.29, 1.82) is 0 Å². The smallest absolute Gasteiger partial charge is 0.251 e. The number of rotatable bonds is 6. The predicted octanol–water partition coefficient (Wildman–Crippen LogP) is 1.80. The van der Waals surface area contributed by atoms with Gasteiger partial charge in [0.2, 0.25) is 0 Å². The van der Waals surface area contributed by atoms with E-state index in [0.717, 1.165) is 17.9 Å². The van der Waals surface area contributed by atoms with E-state index in [-0.39, 0.29) is 5.91 Å². The highest BCUT2D eigenvalue weighted by Crippen LogP contribution is 2.11. The molecule has 126 valence electrons. The highest BCUT2D eigenvalue weighted by Gasteiger charge is 2.15. The normalized spacial score (nSPS) is 14.5. The van der Waals surface area contributed by atoms with Crippen LogP contribution in [-0.4, -0.2) is 26.1 Å². The Kier molecular flexibility index (Phi) is 5.49. The van der Waals surface area contributed by atoms with Gasteiger partial charge in [0.1, 0.15) is 12.3 Å². The molecule has 1 aliphatic heterocycles. The minimum absolute atomic E-state index is 0.0664. The summed E-state index contributed by atoms with van der Waals surface area (Å²) >= 11 is 0. The van der Waals surface area contributed by atoms with Crippen LogP contribution in [0.25, 0.3) is 0 Å². The molecule has 4 heteroatoms. The Bertz CT molecular complexity index is 659. The van der Waals surface area contributed by atoms with Crippen LogP contribution in [0.2, 0.25) is 0 Å². The Labute approximate surface area is 143 Å². The molecule has 1 saturated heterocycles. The molecule has 24 heavy (non-hydrogen) atoms. The number of carbonyl (C=O) groups is 1. The van der Waals surface area contributed by atoms with Gasteiger partial charge in [0.25, 0.3) is 5.91 Å². The van der Waals surface area contributed by atoms with Crippen molar-refractivity contribution in [3.8, 4) is 5.75 Å². The van der Waals surface area contributed by atoms with Gasteiger partial charge in [0, 0.05) is 30.5 Å². The summed E-state index contributed by atoms with van der Waals surface area (Å²) in [5.74, 6) is 0.686. The Morgan fingerprint density at radius 3 is 2.25 bits per heavy atom. The molecule has 2 aromatic rings. The topological polar surface area (TPSA) is 42.8 Å². The highest BCUT2D eigenvalue weighted by molar-refractivity contribution is 5.94. The minimum atomic E-state index is -0.0664. The lowest BCUT2D eigenvalue weighted by Gasteiger charge is -2.12. The van der Waals surface area contributed by atoms with Crippen molar-refractivity contribution in [2.75, 3.05) is 20.2 Å². The van der Waals surface area contributed by atoms with Crippen molar-refractivity contribution >= 4 is 5.91 Å². The molecule has 0 aliphatic carbocycles. The van der Waals surface area contributed by atoms with Crippen LogP contribution < -0.4 is 15.0 Å². The molecule has 0 aromatic heterocycles. The van der Waals surface area contributed by atoms with Gasteiger partial charge in [-0.2, -0.15) is 0 Å². The lowest BCUT2D eigenvalue weighted by atomic mass is 10.1.